The molecule has 96 valence electrons. The molecule has 0 spiro atoms. The van der Waals surface area contributed by atoms with Crippen molar-refractivity contribution in [1.82, 2.24) is 4.90 Å². The normalized spacial score (nSPS) is 27.3. The first-order valence-electron chi connectivity index (χ1n) is 6.43. The first kappa shape index (κ1) is 11.9. The molecule has 1 saturated heterocycles. The predicted octanol–water partition coefficient (Wildman–Crippen LogP) is 2.83. The number of nitrogens with zero attached hydrogens (tertiary/aromatic N) is 1. The molecule has 0 radical (unpaired) electrons. The molecule has 1 saturated carbocycles. The molecule has 1 aliphatic heterocycles. The summed E-state index contributed by atoms with van der Waals surface area (Å²) in [5.74, 6) is 0.0425. The molecule has 2 fully saturated rings. The molecule has 1 aromatic heterocycles. The molecule has 0 amide bonds. The molecule has 2 atom stereocenters. The van der Waals surface area contributed by atoms with E-state index in [1.165, 1.54) is 36.8 Å². The van der Waals surface area contributed by atoms with Gasteiger partial charge in [-0.3, -0.25) is 4.90 Å². The lowest BCUT2D eigenvalue weighted by Crippen LogP contribution is -2.31. The van der Waals surface area contributed by atoms with Gasteiger partial charge in [0.2, 0.25) is 0 Å². The van der Waals surface area contributed by atoms with Crippen LogP contribution in [0.3, 0.4) is 0 Å². The van der Waals surface area contributed by atoms with Gasteiger partial charge in [0.1, 0.15) is 0 Å². The van der Waals surface area contributed by atoms with E-state index in [1.807, 2.05) is 5.38 Å². The Hall–Kier alpha value is -1.13. The van der Waals surface area contributed by atoms with Gasteiger partial charge in [-0.15, -0.1) is 11.3 Å². The smallest absolute Gasteiger partial charge is 0.328 e. The third-order valence-corrected chi connectivity index (χ3v) is 4.91. The van der Waals surface area contributed by atoms with Gasteiger partial charge < -0.3 is 5.11 Å². The Morgan fingerprint density at radius 2 is 2.44 bits per heavy atom. The molecule has 2 bridgehead atoms. The van der Waals surface area contributed by atoms with Crippen molar-refractivity contribution in [2.24, 2.45) is 5.92 Å². The number of thiophene rings is 1. The molecule has 2 heterocycles. The van der Waals surface area contributed by atoms with Gasteiger partial charge in [0.15, 0.2) is 0 Å². The highest BCUT2D eigenvalue weighted by Gasteiger charge is 2.37. The fourth-order valence-corrected chi connectivity index (χ4v) is 4.03. The predicted molar refractivity (Wildman–Crippen MR) is 72.5 cm³/mol. The minimum absolute atomic E-state index is 0.801. The quantitative estimate of drug-likeness (QED) is 0.849. The van der Waals surface area contributed by atoms with E-state index in [0.717, 1.165) is 24.1 Å². The van der Waals surface area contributed by atoms with Crippen LogP contribution in [0.2, 0.25) is 0 Å². The molecule has 2 aliphatic rings. The number of hydrogen-bond acceptors (Lipinski definition) is 3. The average molecular weight is 263 g/mol. The first-order chi connectivity index (χ1) is 8.70. The van der Waals surface area contributed by atoms with Crippen LogP contribution < -0.4 is 0 Å². The van der Waals surface area contributed by atoms with Crippen molar-refractivity contribution >= 4 is 23.4 Å². The van der Waals surface area contributed by atoms with Crippen LogP contribution in [0.5, 0.6) is 0 Å². The SMILES string of the molecule is O=C(O)C=Cc1csc(CN2CC3CCC2C3)c1. The maximum atomic E-state index is 10.5. The van der Waals surface area contributed by atoms with E-state index in [9.17, 15) is 4.79 Å². The van der Waals surface area contributed by atoms with Crippen LogP contribution >= 0.6 is 11.3 Å². The zero-order chi connectivity index (χ0) is 12.5. The van der Waals surface area contributed by atoms with Crippen molar-refractivity contribution in [3.63, 3.8) is 0 Å². The molecule has 0 aromatic carbocycles. The van der Waals surface area contributed by atoms with Gasteiger partial charge in [0, 0.05) is 30.1 Å². The van der Waals surface area contributed by atoms with E-state index in [-0.39, 0.29) is 0 Å². The summed E-state index contributed by atoms with van der Waals surface area (Å²) >= 11 is 1.73. The van der Waals surface area contributed by atoms with Crippen molar-refractivity contribution < 1.29 is 9.90 Å². The van der Waals surface area contributed by atoms with Crippen LogP contribution in [-0.4, -0.2) is 28.6 Å². The summed E-state index contributed by atoms with van der Waals surface area (Å²) in [5.41, 5.74) is 1.00. The largest absolute Gasteiger partial charge is 0.478 e. The molecule has 1 aromatic rings. The van der Waals surface area contributed by atoms with Crippen LogP contribution in [0.4, 0.5) is 0 Å². The highest BCUT2D eigenvalue weighted by Crippen LogP contribution is 2.38. The van der Waals surface area contributed by atoms with Crippen LogP contribution in [0, 0.1) is 5.92 Å². The Labute approximate surface area is 111 Å². The van der Waals surface area contributed by atoms with Gasteiger partial charge in [-0.1, -0.05) is 0 Å². The Morgan fingerprint density at radius 3 is 3.11 bits per heavy atom. The Balaban J connectivity index is 1.62. The number of carboxylic acid groups (broad SMARTS) is 1. The van der Waals surface area contributed by atoms with Crippen molar-refractivity contribution in [2.75, 3.05) is 6.54 Å². The third-order valence-electron chi connectivity index (χ3n) is 3.97. The molecule has 3 nitrogen and oxygen atoms in total. The second kappa shape index (κ2) is 4.86. The Morgan fingerprint density at radius 1 is 1.56 bits per heavy atom. The fourth-order valence-electron chi connectivity index (χ4n) is 3.16. The molecular formula is C14H17NO2S. The second-order valence-corrected chi connectivity index (χ2v) is 6.28. The molecular weight excluding hydrogens is 246 g/mol. The Bertz CT molecular complexity index is 480. The molecule has 18 heavy (non-hydrogen) atoms. The lowest BCUT2D eigenvalue weighted by Gasteiger charge is -2.25. The number of piperidine rings is 1. The number of carbonyl (C=O) groups is 1. The highest BCUT2D eigenvalue weighted by molar-refractivity contribution is 7.10. The maximum Gasteiger partial charge on any atom is 0.328 e. The monoisotopic (exact) mass is 263 g/mol. The van der Waals surface area contributed by atoms with E-state index < -0.39 is 5.97 Å². The first-order valence-corrected chi connectivity index (χ1v) is 7.31. The molecule has 1 N–H and O–H groups in total. The number of likely N-dealkylation sites (tertiary alicyclic amines) is 1. The van der Waals surface area contributed by atoms with Gasteiger partial charge in [-0.2, -0.15) is 0 Å². The van der Waals surface area contributed by atoms with Crippen molar-refractivity contribution in [3.05, 3.63) is 28.0 Å². The van der Waals surface area contributed by atoms with Gasteiger partial charge in [0.05, 0.1) is 0 Å². The van der Waals surface area contributed by atoms with Gasteiger partial charge in [0.25, 0.3) is 0 Å². The summed E-state index contributed by atoms with van der Waals surface area (Å²) in [4.78, 5) is 14.4. The van der Waals surface area contributed by atoms with Gasteiger partial charge in [-0.25, -0.2) is 4.79 Å². The number of fused-ring (bicyclic) bond motifs is 2. The van der Waals surface area contributed by atoms with E-state index in [0.29, 0.717) is 0 Å². The minimum atomic E-state index is -0.889. The highest BCUT2D eigenvalue weighted by atomic mass is 32.1. The summed E-state index contributed by atoms with van der Waals surface area (Å²) in [6.07, 6.45) is 7.03. The zero-order valence-corrected chi connectivity index (χ0v) is 11.0. The summed E-state index contributed by atoms with van der Waals surface area (Å²) in [6, 6.07) is 2.91. The average Bonchev–Trinajstić information content (AvgIpc) is 3.02. The van der Waals surface area contributed by atoms with Gasteiger partial charge in [-0.05, 0) is 48.3 Å². The van der Waals surface area contributed by atoms with Crippen molar-refractivity contribution in [2.45, 2.75) is 31.8 Å². The van der Waals surface area contributed by atoms with E-state index >= 15 is 0 Å². The van der Waals surface area contributed by atoms with E-state index in [2.05, 4.69) is 11.0 Å². The third kappa shape index (κ3) is 2.49. The zero-order valence-electron chi connectivity index (χ0n) is 10.2. The van der Waals surface area contributed by atoms with Crippen LogP contribution in [0.25, 0.3) is 6.08 Å². The van der Waals surface area contributed by atoms with Crippen molar-refractivity contribution in [1.29, 1.82) is 0 Å². The molecule has 4 heteroatoms. The molecule has 1 aliphatic carbocycles. The number of rotatable bonds is 4. The summed E-state index contributed by atoms with van der Waals surface area (Å²) in [7, 11) is 0. The standard InChI is InChI=1S/C14H17NO2S/c16-14(17)4-2-11-6-13(18-9-11)8-15-7-10-1-3-12(15)5-10/h2,4,6,9-10,12H,1,3,5,7-8H2,(H,16,17). The van der Waals surface area contributed by atoms with E-state index in [1.54, 1.807) is 17.4 Å². The topological polar surface area (TPSA) is 40.5 Å². The maximum absolute atomic E-state index is 10.5. The van der Waals surface area contributed by atoms with Crippen LogP contribution in [-0.2, 0) is 11.3 Å². The molecule has 2 unspecified atom stereocenters. The number of aliphatic carboxylic acids is 1. The second-order valence-electron chi connectivity index (χ2n) is 5.28. The fraction of sp³-hybridized carbons (Fsp3) is 0.500. The van der Waals surface area contributed by atoms with Crippen molar-refractivity contribution in [3.8, 4) is 0 Å². The minimum Gasteiger partial charge on any atom is -0.478 e. The van der Waals surface area contributed by atoms with Crippen LogP contribution in [0.15, 0.2) is 17.5 Å². The summed E-state index contributed by atoms with van der Waals surface area (Å²) < 4.78 is 0. The lowest BCUT2D eigenvalue weighted by molar-refractivity contribution is -0.131. The van der Waals surface area contributed by atoms with Crippen LogP contribution in [0.1, 0.15) is 29.7 Å². The number of hydrogen-bond donors (Lipinski definition) is 1. The Kier molecular flexibility index (Phi) is 3.22. The van der Waals surface area contributed by atoms with E-state index in [4.69, 9.17) is 5.11 Å². The number of carboxylic acids is 1. The van der Waals surface area contributed by atoms with Gasteiger partial charge >= 0.3 is 5.97 Å². The summed E-state index contributed by atoms with van der Waals surface area (Å²) in [5, 5.41) is 10.6. The lowest BCUT2D eigenvalue weighted by atomic mass is 10.1. The molecule has 3 rings (SSSR count). The summed E-state index contributed by atoms with van der Waals surface area (Å²) in [6.45, 7) is 2.29.